The van der Waals surface area contributed by atoms with Gasteiger partial charge >= 0.3 is 36.2 Å². The number of hydrogen-bond donors (Lipinski definition) is 5. The van der Waals surface area contributed by atoms with Crippen LogP contribution in [-0.4, -0.2) is 91.2 Å². The first-order valence-corrected chi connectivity index (χ1v) is 23.8. The molecule has 0 saturated heterocycles. The second-order valence-corrected chi connectivity index (χ2v) is 16.1. The molecule has 2 aromatic heterocycles. The molecule has 0 aliphatic heterocycles. The number of aliphatic carboxylic acids is 3. The lowest BCUT2D eigenvalue weighted by Crippen LogP contribution is -2.25. The number of aromatic nitrogens is 4. The number of nitrogens with one attached hydrogen (secondary N) is 2. The number of esters is 1. The van der Waals surface area contributed by atoms with Crippen LogP contribution >= 0.6 is 0 Å². The van der Waals surface area contributed by atoms with Crippen molar-refractivity contribution in [3.8, 4) is 44.8 Å². The second-order valence-electron chi connectivity index (χ2n) is 16.1. The van der Waals surface area contributed by atoms with Gasteiger partial charge in [0.15, 0.2) is 0 Å². The Bertz CT molecular complexity index is 2430. The summed E-state index contributed by atoms with van der Waals surface area (Å²) in [5, 5.41) is 31.1. The molecule has 6 aromatic rings. The van der Waals surface area contributed by atoms with Crippen molar-refractivity contribution in [2.24, 2.45) is 0 Å². The molecule has 0 unspecified atom stereocenters. The minimum atomic E-state index is -5.08. The summed E-state index contributed by atoms with van der Waals surface area (Å²) in [4.78, 5) is 58.3. The lowest BCUT2D eigenvalue weighted by Gasteiger charge is -2.12. The molecule has 4 aromatic carbocycles. The van der Waals surface area contributed by atoms with Crippen molar-refractivity contribution in [3.63, 3.8) is 0 Å². The fourth-order valence-corrected chi connectivity index (χ4v) is 6.70. The minimum Gasteiger partial charge on any atom is -0.481 e. The number of carbonyl (C=O) groups is 4. The maximum Gasteiger partial charge on any atom is 0.490 e. The molecule has 14 nitrogen and oxygen atoms in total. The Morgan fingerprint density at radius 1 is 0.473 bits per heavy atom. The molecule has 74 heavy (non-hydrogen) atoms. The largest absolute Gasteiger partial charge is 0.490 e. The topological polar surface area (TPSA) is 214 Å². The first kappa shape index (κ1) is 60.4. The lowest BCUT2D eigenvalue weighted by molar-refractivity contribution is -0.199. The fourth-order valence-electron chi connectivity index (χ4n) is 6.70. The third-order valence-electron chi connectivity index (χ3n) is 10.3. The number of hydrogen-bond acceptors (Lipinski definition) is 11. The maximum absolute atomic E-state index is 11.2. The van der Waals surface area contributed by atoms with Gasteiger partial charge in [-0.1, -0.05) is 160 Å². The second kappa shape index (κ2) is 32.9. The van der Waals surface area contributed by atoms with E-state index >= 15 is 0 Å². The van der Waals surface area contributed by atoms with E-state index in [1.165, 1.54) is 6.92 Å². The van der Waals surface area contributed by atoms with Gasteiger partial charge in [-0.05, 0) is 43.7 Å². The standard InChI is InChI=1S/2C24H27N3O2.C4H5F3O2.C2HF3O2/c2*28-22(29)16-10-2-1-3-11-17-25-24-26-18-21(19-12-6-4-7-13-19)23(27-24)20-14-8-5-9-15-20;1-2-9-3(8)4(5,6)7;3-2(4,5)1(6)7/h2*4-9,12-15,18H,1-3,10-11,16-17H2,(H,28,29)(H,25,26,27);2H2,1H3;(H,6,7). The summed E-state index contributed by atoms with van der Waals surface area (Å²) >= 11 is 0. The molecule has 0 fully saturated rings. The van der Waals surface area contributed by atoms with Crippen molar-refractivity contribution in [2.75, 3.05) is 30.3 Å². The van der Waals surface area contributed by atoms with Crippen LogP contribution in [0.3, 0.4) is 0 Å². The number of carbonyl (C=O) groups excluding carboxylic acids is 1. The number of benzene rings is 4. The third-order valence-corrected chi connectivity index (χ3v) is 10.3. The van der Waals surface area contributed by atoms with Crippen molar-refractivity contribution in [2.45, 2.75) is 96.3 Å². The molecular formula is C54H60F6N6O8. The van der Waals surface area contributed by atoms with E-state index in [2.05, 4.69) is 73.9 Å². The van der Waals surface area contributed by atoms with Gasteiger partial charge in [-0.2, -0.15) is 26.3 Å². The van der Waals surface area contributed by atoms with Gasteiger partial charge in [0.1, 0.15) is 0 Å². The monoisotopic (exact) mass is 1030 g/mol. The summed E-state index contributed by atoms with van der Waals surface area (Å²) in [5.41, 5.74) is 8.19. The van der Waals surface area contributed by atoms with Crippen molar-refractivity contribution in [3.05, 3.63) is 134 Å². The number of alkyl halides is 6. The first-order valence-electron chi connectivity index (χ1n) is 23.8. The Balaban J connectivity index is 0.000000302. The number of ether oxygens (including phenoxy) is 1. The van der Waals surface area contributed by atoms with Crippen molar-refractivity contribution < 1.29 is 65.6 Å². The van der Waals surface area contributed by atoms with Crippen molar-refractivity contribution in [1.82, 2.24) is 19.9 Å². The predicted octanol–water partition coefficient (Wildman–Crippen LogP) is 13.0. The summed E-state index contributed by atoms with van der Waals surface area (Å²) in [7, 11) is 0. The molecule has 0 radical (unpaired) electrons. The van der Waals surface area contributed by atoms with Crippen LogP contribution in [-0.2, 0) is 23.9 Å². The molecule has 2 heterocycles. The Kier molecular flexibility index (Phi) is 26.9. The van der Waals surface area contributed by atoms with Gasteiger partial charge in [0, 0.05) is 60.6 Å². The SMILES string of the molecule is CCOC(=O)C(F)(F)F.O=C(O)C(F)(F)F.O=C(O)CCCCCCCNc1ncc(-c2ccccc2)c(-c2ccccc2)n1.O=C(O)CCCCCCCNc1ncc(-c2ccccc2)c(-c2ccccc2)n1. The van der Waals surface area contributed by atoms with Crippen LogP contribution in [0.4, 0.5) is 38.2 Å². The summed E-state index contributed by atoms with van der Waals surface area (Å²) in [6.07, 6.45) is 4.09. The Labute approximate surface area is 425 Å². The molecule has 0 bridgehead atoms. The van der Waals surface area contributed by atoms with Gasteiger partial charge < -0.3 is 30.7 Å². The molecule has 0 atom stereocenters. The van der Waals surface area contributed by atoms with E-state index in [9.17, 15) is 40.7 Å². The summed E-state index contributed by atoms with van der Waals surface area (Å²) in [6, 6.07) is 40.7. The van der Waals surface area contributed by atoms with Crippen molar-refractivity contribution in [1.29, 1.82) is 0 Å². The quantitative estimate of drug-likeness (QED) is 0.0229. The van der Waals surface area contributed by atoms with Gasteiger partial charge in [0.25, 0.3) is 0 Å². The number of nitrogens with zero attached hydrogens (tertiary/aromatic N) is 4. The van der Waals surface area contributed by atoms with Crippen LogP contribution < -0.4 is 10.6 Å². The number of carboxylic acid groups (broad SMARTS) is 3. The van der Waals surface area contributed by atoms with Crippen LogP contribution in [0.5, 0.6) is 0 Å². The number of carboxylic acids is 3. The van der Waals surface area contributed by atoms with Crippen LogP contribution in [0.25, 0.3) is 44.8 Å². The van der Waals surface area contributed by atoms with Crippen LogP contribution in [0.2, 0.25) is 0 Å². The minimum absolute atomic E-state index is 0.252. The van der Waals surface area contributed by atoms with Gasteiger partial charge in [-0.3, -0.25) is 9.59 Å². The molecule has 20 heteroatoms. The molecule has 0 spiro atoms. The highest BCUT2D eigenvalue weighted by atomic mass is 19.4. The molecule has 0 amide bonds. The molecule has 0 aliphatic rings. The van der Waals surface area contributed by atoms with Gasteiger partial charge in [-0.25, -0.2) is 29.5 Å². The number of unbranched alkanes of at least 4 members (excludes halogenated alkanes) is 8. The Morgan fingerprint density at radius 3 is 1.07 bits per heavy atom. The zero-order valence-electron chi connectivity index (χ0n) is 40.7. The predicted molar refractivity (Wildman–Crippen MR) is 270 cm³/mol. The van der Waals surface area contributed by atoms with Gasteiger partial charge in [0.2, 0.25) is 11.9 Å². The van der Waals surface area contributed by atoms with Crippen LogP contribution in [0.15, 0.2) is 134 Å². The van der Waals surface area contributed by atoms with E-state index in [4.69, 9.17) is 30.1 Å². The van der Waals surface area contributed by atoms with E-state index < -0.39 is 36.2 Å². The zero-order chi connectivity index (χ0) is 54.2. The average molecular weight is 1040 g/mol. The molecular weight excluding hydrogens is 975 g/mol. The van der Waals surface area contributed by atoms with E-state index in [1.807, 2.05) is 85.2 Å². The number of rotatable bonds is 23. The van der Waals surface area contributed by atoms with E-state index in [1.54, 1.807) is 0 Å². The van der Waals surface area contributed by atoms with E-state index in [0.29, 0.717) is 11.9 Å². The van der Waals surface area contributed by atoms with Crippen LogP contribution in [0, 0.1) is 0 Å². The van der Waals surface area contributed by atoms with Gasteiger partial charge in [-0.15, -0.1) is 0 Å². The summed E-state index contributed by atoms with van der Waals surface area (Å²) in [5.74, 6) is -5.05. The molecule has 6 rings (SSSR count). The fraction of sp³-hybridized carbons (Fsp3) is 0.333. The lowest BCUT2D eigenvalue weighted by atomic mass is 10.0. The number of halogens is 6. The zero-order valence-corrected chi connectivity index (χ0v) is 40.7. The molecule has 5 N–H and O–H groups in total. The van der Waals surface area contributed by atoms with Crippen molar-refractivity contribution >= 4 is 35.8 Å². The normalized spacial score (nSPS) is 10.7. The highest BCUT2D eigenvalue weighted by Crippen LogP contribution is 2.32. The van der Waals surface area contributed by atoms with E-state index in [0.717, 1.165) is 122 Å². The first-order chi connectivity index (χ1) is 35.4. The Hall–Kier alpha value is -7.90. The summed E-state index contributed by atoms with van der Waals surface area (Å²) < 4.78 is 68.9. The Morgan fingerprint density at radius 2 is 0.784 bits per heavy atom. The van der Waals surface area contributed by atoms with Gasteiger partial charge in [0.05, 0.1) is 18.0 Å². The number of anilines is 2. The molecule has 396 valence electrons. The third kappa shape index (κ3) is 24.0. The highest BCUT2D eigenvalue weighted by Gasteiger charge is 2.40. The summed E-state index contributed by atoms with van der Waals surface area (Å²) in [6.45, 7) is 2.66. The highest BCUT2D eigenvalue weighted by molar-refractivity contribution is 5.82. The maximum atomic E-state index is 11.2. The molecule has 0 saturated carbocycles. The average Bonchev–Trinajstić information content (AvgIpc) is 3.39. The smallest absolute Gasteiger partial charge is 0.481 e. The molecule has 0 aliphatic carbocycles. The van der Waals surface area contributed by atoms with E-state index in [-0.39, 0.29) is 19.4 Å². The van der Waals surface area contributed by atoms with Crippen LogP contribution in [0.1, 0.15) is 84.0 Å².